The number of rotatable bonds is 3. The van der Waals surface area contributed by atoms with Crippen LogP contribution in [0.1, 0.15) is 6.92 Å². The molecule has 1 atom stereocenters. The van der Waals surface area contributed by atoms with Crippen LogP contribution < -0.4 is 10.6 Å². The van der Waals surface area contributed by atoms with Crippen molar-refractivity contribution in [1.29, 1.82) is 0 Å². The van der Waals surface area contributed by atoms with Crippen molar-refractivity contribution in [2.24, 2.45) is 0 Å². The van der Waals surface area contributed by atoms with Gasteiger partial charge in [0.15, 0.2) is 0 Å². The molecule has 2 N–H and O–H groups in total. The van der Waals surface area contributed by atoms with Gasteiger partial charge < -0.3 is 15.5 Å². The van der Waals surface area contributed by atoms with Gasteiger partial charge in [-0.15, -0.1) is 0 Å². The first-order valence-corrected chi connectivity index (χ1v) is 5.57. The molecule has 1 heterocycles. The summed E-state index contributed by atoms with van der Waals surface area (Å²) in [5.74, 6) is -0.236. The van der Waals surface area contributed by atoms with E-state index in [1.54, 1.807) is 11.8 Å². The minimum atomic E-state index is -0.374. The highest BCUT2D eigenvalue weighted by molar-refractivity contribution is 7.81. The van der Waals surface area contributed by atoms with Gasteiger partial charge in [-0.2, -0.15) is 12.6 Å². The molecule has 0 aromatic heterocycles. The first kappa shape index (κ1) is 12.3. The van der Waals surface area contributed by atoms with E-state index in [1.807, 2.05) is 0 Å². The summed E-state index contributed by atoms with van der Waals surface area (Å²) in [6, 6.07) is 0. The number of thiol groups is 1. The van der Waals surface area contributed by atoms with Crippen molar-refractivity contribution < 1.29 is 9.59 Å². The van der Waals surface area contributed by atoms with Crippen molar-refractivity contribution in [2.75, 3.05) is 32.7 Å². The summed E-state index contributed by atoms with van der Waals surface area (Å²) < 4.78 is 0. The molecule has 1 rings (SSSR count). The second-order valence-electron chi connectivity index (χ2n) is 3.52. The molecule has 0 aromatic carbocycles. The molecular formula is C9H17N3O2S. The molecule has 86 valence electrons. The van der Waals surface area contributed by atoms with E-state index < -0.39 is 0 Å². The Hall–Kier alpha value is -0.750. The van der Waals surface area contributed by atoms with E-state index in [0.717, 1.165) is 13.1 Å². The van der Waals surface area contributed by atoms with Crippen LogP contribution in [-0.2, 0) is 9.59 Å². The molecule has 1 saturated heterocycles. The van der Waals surface area contributed by atoms with Gasteiger partial charge in [0, 0.05) is 26.2 Å². The van der Waals surface area contributed by atoms with E-state index >= 15 is 0 Å². The molecule has 1 fully saturated rings. The van der Waals surface area contributed by atoms with Crippen molar-refractivity contribution >= 4 is 24.4 Å². The Labute approximate surface area is 95.0 Å². The zero-order valence-electron chi connectivity index (χ0n) is 8.82. The molecule has 2 amide bonds. The second-order valence-corrected chi connectivity index (χ2v) is 4.30. The second kappa shape index (κ2) is 5.97. The normalized spacial score (nSPS) is 18.4. The van der Waals surface area contributed by atoms with Gasteiger partial charge in [-0.3, -0.25) is 9.59 Å². The van der Waals surface area contributed by atoms with E-state index in [4.69, 9.17) is 0 Å². The topological polar surface area (TPSA) is 61.4 Å². The molecule has 0 saturated carbocycles. The lowest BCUT2D eigenvalue weighted by molar-refractivity contribution is -0.133. The van der Waals surface area contributed by atoms with Gasteiger partial charge in [0.1, 0.15) is 0 Å². The monoisotopic (exact) mass is 231 g/mol. The van der Waals surface area contributed by atoms with Crippen molar-refractivity contribution in [3.05, 3.63) is 0 Å². The highest BCUT2D eigenvalue weighted by atomic mass is 32.1. The summed E-state index contributed by atoms with van der Waals surface area (Å²) >= 11 is 3.98. The van der Waals surface area contributed by atoms with E-state index in [-0.39, 0.29) is 23.6 Å². The molecule has 0 radical (unpaired) electrons. The number of piperazine rings is 1. The van der Waals surface area contributed by atoms with Crippen molar-refractivity contribution in [2.45, 2.75) is 12.2 Å². The van der Waals surface area contributed by atoms with Gasteiger partial charge >= 0.3 is 0 Å². The van der Waals surface area contributed by atoms with Crippen LogP contribution >= 0.6 is 12.6 Å². The Kier molecular flexibility index (Phi) is 4.90. The van der Waals surface area contributed by atoms with Gasteiger partial charge in [0.05, 0.1) is 11.8 Å². The average molecular weight is 231 g/mol. The number of nitrogens with zero attached hydrogens (tertiary/aromatic N) is 1. The smallest absolute Gasteiger partial charge is 0.242 e. The number of carbonyl (C=O) groups is 2. The molecule has 0 bridgehead atoms. The Morgan fingerprint density at radius 2 is 2.07 bits per heavy atom. The largest absolute Gasteiger partial charge is 0.346 e. The van der Waals surface area contributed by atoms with Gasteiger partial charge in [0.2, 0.25) is 11.8 Å². The highest BCUT2D eigenvalue weighted by Crippen LogP contribution is 1.94. The number of nitrogens with one attached hydrogen (secondary N) is 2. The number of hydrogen-bond acceptors (Lipinski definition) is 4. The maximum Gasteiger partial charge on any atom is 0.242 e. The van der Waals surface area contributed by atoms with Gasteiger partial charge in [0.25, 0.3) is 0 Å². The maximum absolute atomic E-state index is 11.6. The third kappa shape index (κ3) is 4.09. The van der Waals surface area contributed by atoms with Gasteiger partial charge in [-0.05, 0) is 6.92 Å². The van der Waals surface area contributed by atoms with Crippen LogP contribution in [0.2, 0.25) is 0 Å². The highest BCUT2D eigenvalue weighted by Gasteiger charge is 2.17. The summed E-state index contributed by atoms with van der Waals surface area (Å²) in [6.45, 7) is 4.82. The van der Waals surface area contributed by atoms with Crippen molar-refractivity contribution in [3.8, 4) is 0 Å². The third-order valence-corrected chi connectivity index (χ3v) is 2.50. The predicted molar refractivity (Wildman–Crippen MR) is 60.9 cm³/mol. The molecule has 1 aliphatic rings. The minimum absolute atomic E-state index is 0.0289. The lowest BCUT2D eigenvalue weighted by atomic mass is 10.3. The molecular weight excluding hydrogens is 214 g/mol. The Morgan fingerprint density at radius 1 is 1.47 bits per heavy atom. The van der Waals surface area contributed by atoms with Crippen LogP contribution in [0.15, 0.2) is 0 Å². The van der Waals surface area contributed by atoms with Crippen LogP contribution in [0, 0.1) is 0 Å². The lowest BCUT2D eigenvalue weighted by Gasteiger charge is -2.27. The van der Waals surface area contributed by atoms with E-state index in [2.05, 4.69) is 23.3 Å². The Morgan fingerprint density at radius 3 is 2.60 bits per heavy atom. The molecule has 0 aromatic rings. The van der Waals surface area contributed by atoms with Gasteiger partial charge in [-0.25, -0.2) is 0 Å². The zero-order valence-corrected chi connectivity index (χ0v) is 9.72. The molecule has 0 aliphatic carbocycles. The molecule has 6 heteroatoms. The Balaban J connectivity index is 2.26. The van der Waals surface area contributed by atoms with Gasteiger partial charge in [-0.1, -0.05) is 0 Å². The van der Waals surface area contributed by atoms with Crippen LogP contribution in [0.25, 0.3) is 0 Å². The third-order valence-electron chi connectivity index (χ3n) is 2.26. The first-order valence-electron chi connectivity index (χ1n) is 5.05. The van der Waals surface area contributed by atoms with E-state index in [0.29, 0.717) is 13.1 Å². The minimum Gasteiger partial charge on any atom is -0.346 e. The molecule has 1 unspecified atom stereocenters. The van der Waals surface area contributed by atoms with Crippen LogP contribution in [0.4, 0.5) is 0 Å². The summed E-state index contributed by atoms with van der Waals surface area (Å²) in [5, 5.41) is 5.34. The summed E-state index contributed by atoms with van der Waals surface area (Å²) in [6.07, 6.45) is 0. The van der Waals surface area contributed by atoms with E-state index in [1.165, 1.54) is 0 Å². The lowest BCUT2D eigenvalue weighted by Crippen LogP contribution is -2.50. The SMILES string of the molecule is CC(S)C(=O)NCC(=O)N1CCNCC1. The predicted octanol–water partition coefficient (Wildman–Crippen LogP) is -1.15. The van der Waals surface area contributed by atoms with Crippen LogP contribution in [0.5, 0.6) is 0 Å². The van der Waals surface area contributed by atoms with Crippen LogP contribution in [0.3, 0.4) is 0 Å². The fourth-order valence-electron chi connectivity index (χ4n) is 1.34. The maximum atomic E-state index is 11.6. The quantitative estimate of drug-likeness (QED) is 0.538. The van der Waals surface area contributed by atoms with Crippen LogP contribution in [-0.4, -0.2) is 54.7 Å². The molecule has 5 nitrogen and oxygen atoms in total. The van der Waals surface area contributed by atoms with Crippen molar-refractivity contribution in [3.63, 3.8) is 0 Å². The zero-order chi connectivity index (χ0) is 11.3. The first-order chi connectivity index (χ1) is 7.11. The Bertz CT molecular complexity index is 240. The van der Waals surface area contributed by atoms with Crippen molar-refractivity contribution in [1.82, 2.24) is 15.5 Å². The fraction of sp³-hybridized carbons (Fsp3) is 0.778. The average Bonchev–Trinajstić information content (AvgIpc) is 2.26. The number of carbonyl (C=O) groups excluding carboxylic acids is 2. The number of hydrogen-bond donors (Lipinski definition) is 3. The fourth-order valence-corrected chi connectivity index (χ4v) is 1.43. The summed E-state index contributed by atoms with van der Waals surface area (Å²) in [4.78, 5) is 24.5. The summed E-state index contributed by atoms with van der Waals surface area (Å²) in [5.41, 5.74) is 0. The summed E-state index contributed by atoms with van der Waals surface area (Å²) in [7, 11) is 0. The van der Waals surface area contributed by atoms with E-state index in [9.17, 15) is 9.59 Å². The molecule has 1 aliphatic heterocycles. The molecule has 15 heavy (non-hydrogen) atoms. The standard InChI is InChI=1S/C9H17N3O2S/c1-7(15)9(14)11-6-8(13)12-4-2-10-3-5-12/h7,10,15H,2-6H2,1H3,(H,11,14). The number of amides is 2. The molecule has 0 spiro atoms.